The van der Waals surface area contributed by atoms with Crippen LogP contribution in [0.25, 0.3) is 0 Å². The predicted molar refractivity (Wildman–Crippen MR) is 90.9 cm³/mol. The summed E-state index contributed by atoms with van der Waals surface area (Å²) in [5, 5.41) is 0. The fourth-order valence-corrected chi connectivity index (χ4v) is 1.63. The van der Waals surface area contributed by atoms with E-state index in [-0.39, 0.29) is 11.5 Å². The van der Waals surface area contributed by atoms with Crippen molar-refractivity contribution in [2.45, 2.75) is 6.18 Å². The van der Waals surface area contributed by atoms with Gasteiger partial charge in [-0.2, -0.15) is 18.2 Å². The molecule has 0 aliphatic carbocycles. The van der Waals surface area contributed by atoms with Crippen LogP contribution < -0.4 is 17.2 Å². The highest BCUT2D eigenvalue weighted by Crippen LogP contribution is 2.20. The van der Waals surface area contributed by atoms with Crippen LogP contribution in [0, 0.1) is 11.8 Å². The third-order valence-electron chi connectivity index (χ3n) is 2.87. The van der Waals surface area contributed by atoms with Gasteiger partial charge in [0.05, 0.1) is 11.1 Å². The zero-order valence-electron chi connectivity index (χ0n) is 13.5. The number of allylic oxidation sites excluding steroid dienone is 1. The van der Waals surface area contributed by atoms with Gasteiger partial charge in [-0.15, -0.1) is 0 Å². The number of nitrogens with zero attached hydrogens (tertiary/aromatic N) is 4. The van der Waals surface area contributed by atoms with Crippen LogP contribution in [0.5, 0.6) is 0 Å². The minimum atomic E-state index is -4.77. The van der Waals surface area contributed by atoms with Gasteiger partial charge in [-0.25, -0.2) is 9.97 Å². The summed E-state index contributed by atoms with van der Waals surface area (Å²) in [6, 6.07) is 1.36. The van der Waals surface area contributed by atoms with E-state index < -0.39 is 23.6 Å². The van der Waals surface area contributed by atoms with E-state index in [2.05, 4.69) is 31.8 Å². The Labute approximate surface area is 151 Å². The van der Waals surface area contributed by atoms with Crippen molar-refractivity contribution in [1.29, 1.82) is 0 Å². The normalized spacial score (nSPS) is 12.3. The van der Waals surface area contributed by atoms with Gasteiger partial charge in [0, 0.05) is 36.4 Å². The van der Waals surface area contributed by atoms with Gasteiger partial charge < -0.3 is 17.2 Å². The Hall–Kier alpha value is -3.94. The number of carbonyl (C=O) groups is 1. The molecule has 0 aromatic carbocycles. The SMILES string of the molecule is NC(/C=C(\N)C(F)(F)F)=NC(=O)c1cncc(C#Cc2cnc(N)nc2)c1. The minimum absolute atomic E-state index is 0.0164. The Morgan fingerprint density at radius 1 is 1.07 bits per heavy atom. The predicted octanol–water partition coefficient (Wildman–Crippen LogP) is 0.756. The van der Waals surface area contributed by atoms with Gasteiger partial charge in [-0.3, -0.25) is 9.78 Å². The zero-order valence-corrected chi connectivity index (χ0v) is 13.5. The van der Waals surface area contributed by atoms with E-state index in [1.165, 1.54) is 30.9 Å². The molecule has 2 heterocycles. The molecule has 0 spiro atoms. The zero-order chi connectivity index (χ0) is 20.0. The van der Waals surface area contributed by atoms with Crippen molar-refractivity contribution in [3.05, 3.63) is 59.3 Å². The highest BCUT2D eigenvalue weighted by molar-refractivity contribution is 6.06. The van der Waals surface area contributed by atoms with Crippen LogP contribution in [0.15, 0.2) is 47.6 Å². The molecule has 2 rings (SSSR count). The molecule has 11 heteroatoms. The van der Waals surface area contributed by atoms with Gasteiger partial charge in [-0.1, -0.05) is 11.8 Å². The summed E-state index contributed by atoms with van der Waals surface area (Å²) >= 11 is 0. The second-order valence-corrected chi connectivity index (χ2v) is 4.98. The van der Waals surface area contributed by atoms with Crippen LogP contribution in [-0.4, -0.2) is 32.9 Å². The van der Waals surface area contributed by atoms with Crippen molar-refractivity contribution in [3.63, 3.8) is 0 Å². The number of aromatic nitrogens is 3. The number of nitrogens with two attached hydrogens (primary N) is 3. The van der Waals surface area contributed by atoms with Crippen LogP contribution in [0.4, 0.5) is 19.1 Å². The molecule has 8 nitrogen and oxygen atoms in total. The molecular weight excluding hydrogens is 363 g/mol. The second-order valence-electron chi connectivity index (χ2n) is 4.98. The summed E-state index contributed by atoms with van der Waals surface area (Å²) in [6.07, 6.45) is 0.979. The first-order valence-corrected chi connectivity index (χ1v) is 7.12. The van der Waals surface area contributed by atoms with Crippen molar-refractivity contribution in [2.75, 3.05) is 5.73 Å². The number of halogens is 3. The molecule has 0 saturated carbocycles. The largest absolute Gasteiger partial charge is 0.430 e. The number of amidine groups is 1. The standard InChI is InChI=1S/C16H12F3N7O/c17-16(18,19)12(20)4-13(21)26-14(27)11-3-9(5-23-8-11)1-2-10-6-24-15(22)25-7-10/h3-8H,20H2,(H2,21,26,27)(H2,22,24,25)/b12-4-. The fraction of sp³-hybridized carbons (Fsp3) is 0.0625. The highest BCUT2D eigenvalue weighted by Gasteiger charge is 2.31. The van der Waals surface area contributed by atoms with Gasteiger partial charge in [0.2, 0.25) is 5.95 Å². The maximum atomic E-state index is 12.3. The summed E-state index contributed by atoms with van der Waals surface area (Å²) in [4.78, 5) is 26.7. The van der Waals surface area contributed by atoms with E-state index in [4.69, 9.17) is 17.2 Å². The Kier molecular flexibility index (Phi) is 5.71. The highest BCUT2D eigenvalue weighted by atomic mass is 19.4. The molecule has 1 amide bonds. The van der Waals surface area contributed by atoms with Crippen LogP contribution in [0.3, 0.4) is 0 Å². The first-order chi connectivity index (χ1) is 12.6. The summed E-state index contributed by atoms with van der Waals surface area (Å²) in [6.45, 7) is 0. The molecule has 0 bridgehead atoms. The summed E-state index contributed by atoms with van der Waals surface area (Å²) in [5.41, 5.74) is 14.8. The first kappa shape index (κ1) is 19.4. The lowest BCUT2D eigenvalue weighted by molar-refractivity contribution is -0.0925. The average Bonchev–Trinajstić information content (AvgIpc) is 2.60. The third kappa shape index (κ3) is 5.82. The van der Waals surface area contributed by atoms with E-state index in [9.17, 15) is 18.0 Å². The quantitative estimate of drug-likeness (QED) is 0.399. The molecule has 2 aromatic heterocycles. The molecule has 0 aliphatic heterocycles. The Bertz CT molecular complexity index is 970. The smallest absolute Gasteiger partial charge is 0.395 e. The summed E-state index contributed by atoms with van der Waals surface area (Å²) < 4.78 is 37.0. The number of nitrogen functional groups attached to an aromatic ring is 1. The number of carbonyl (C=O) groups excluding carboxylic acids is 1. The van der Waals surface area contributed by atoms with Gasteiger partial charge in [0.25, 0.3) is 5.91 Å². The number of amides is 1. The van der Waals surface area contributed by atoms with Crippen LogP contribution >= 0.6 is 0 Å². The Morgan fingerprint density at radius 2 is 1.70 bits per heavy atom. The lowest BCUT2D eigenvalue weighted by Crippen LogP contribution is -2.23. The van der Waals surface area contributed by atoms with Crippen molar-refractivity contribution >= 4 is 17.7 Å². The van der Waals surface area contributed by atoms with Gasteiger partial charge in [-0.05, 0) is 6.07 Å². The van der Waals surface area contributed by atoms with Crippen LogP contribution in [0.2, 0.25) is 0 Å². The minimum Gasteiger partial charge on any atom is -0.395 e. The number of hydrogen-bond acceptors (Lipinski definition) is 6. The lowest BCUT2D eigenvalue weighted by atomic mass is 10.2. The maximum Gasteiger partial charge on any atom is 0.430 e. The molecule has 0 fully saturated rings. The van der Waals surface area contributed by atoms with Gasteiger partial charge in [0.15, 0.2) is 0 Å². The van der Waals surface area contributed by atoms with Crippen molar-refractivity contribution in [2.24, 2.45) is 16.5 Å². The van der Waals surface area contributed by atoms with E-state index in [0.717, 1.165) is 0 Å². The summed E-state index contributed by atoms with van der Waals surface area (Å²) in [5.74, 6) is 3.99. The molecule has 0 unspecified atom stereocenters. The van der Waals surface area contributed by atoms with Crippen LogP contribution in [0.1, 0.15) is 21.5 Å². The van der Waals surface area contributed by atoms with Crippen molar-refractivity contribution in [3.8, 4) is 11.8 Å². The number of rotatable bonds is 2. The lowest BCUT2D eigenvalue weighted by Gasteiger charge is -2.05. The molecule has 0 aliphatic rings. The number of pyridine rings is 1. The molecular formula is C16H12F3N7O. The molecule has 0 radical (unpaired) electrons. The molecule has 0 saturated heterocycles. The van der Waals surface area contributed by atoms with Gasteiger partial charge in [0.1, 0.15) is 11.5 Å². The third-order valence-corrected chi connectivity index (χ3v) is 2.87. The van der Waals surface area contributed by atoms with Crippen molar-refractivity contribution in [1.82, 2.24) is 15.0 Å². The maximum absolute atomic E-state index is 12.3. The number of alkyl halides is 3. The number of anilines is 1. The first-order valence-electron chi connectivity index (χ1n) is 7.12. The van der Waals surface area contributed by atoms with E-state index in [1.54, 1.807) is 0 Å². The van der Waals surface area contributed by atoms with Crippen LogP contribution in [-0.2, 0) is 0 Å². The topological polar surface area (TPSA) is 146 Å². The van der Waals surface area contributed by atoms with Crippen molar-refractivity contribution < 1.29 is 18.0 Å². The monoisotopic (exact) mass is 375 g/mol. The fourth-order valence-electron chi connectivity index (χ4n) is 1.63. The van der Waals surface area contributed by atoms with E-state index in [1.807, 2.05) is 0 Å². The van der Waals surface area contributed by atoms with E-state index in [0.29, 0.717) is 17.2 Å². The molecule has 0 atom stereocenters. The number of aliphatic imine (C=N–C) groups is 1. The van der Waals surface area contributed by atoms with E-state index >= 15 is 0 Å². The Morgan fingerprint density at radius 3 is 2.33 bits per heavy atom. The molecule has 138 valence electrons. The average molecular weight is 375 g/mol. The molecule has 2 aromatic rings. The Balaban J connectivity index is 2.21. The summed E-state index contributed by atoms with van der Waals surface area (Å²) in [7, 11) is 0. The van der Waals surface area contributed by atoms with Gasteiger partial charge >= 0.3 is 6.18 Å². The second kappa shape index (κ2) is 7.96. The molecule has 27 heavy (non-hydrogen) atoms. The number of hydrogen-bond donors (Lipinski definition) is 3. The molecule has 6 N–H and O–H groups in total.